The van der Waals surface area contributed by atoms with Crippen molar-refractivity contribution in [3.05, 3.63) is 0 Å². The highest BCUT2D eigenvalue weighted by Crippen LogP contribution is 2.35. The normalized spacial score (nSPS) is 14.1. The van der Waals surface area contributed by atoms with E-state index in [0.717, 1.165) is 0 Å². The number of amides is 1. The molecule has 0 aromatic carbocycles. The molecular weight excluding hydrogens is 320 g/mol. The summed E-state index contributed by atoms with van der Waals surface area (Å²) in [4.78, 5) is 23.1. The fourth-order valence-electron chi connectivity index (χ4n) is 2.34. The third-order valence-corrected chi connectivity index (χ3v) is 3.73. The quantitative estimate of drug-likeness (QED) is 0.374. The van der Waals surface area contributed by atoms with E-state index in [1.165, 1.54) is 0 Å². The Morgan fingerprint density at radius 3 is 2.30 bits per heavy atom. The van der Waals surface area contributed by atoms with Gasteiger partial charge in [-0.15, -0.1) is 0 Å². The number of carbonyl (C=O) groups is 2. The van der Waals surface area contributed by atoms with Crippen LogP contribution in [0.1, 0.15) is 27.2 Å². The van der Waals surface area contributed by atoms with Gasteiger partial charge in [0.2, 0.25) is 5.91 Å². The molecule has 2 atom stereocenters. The van der Waals surface area contributed by atoms with Gasteiger partial charge in [0.25, 0.3) is 0 Å². The molecule has 0 heterocycles. The molecule has 4 N–H and O–H groups in total. The van der Waals surface area contributed by atoms with Crippen molar-refractivity contribution in [2.45, 2.75) is 27.2 Å². The van der Waals surface area contributed by atoms with E-state index in [1.807, 2.05) is 20.8 Å². The first kappa shape index (κ1) is 21.8. The molecule has 0 rings (SSSR count). The molecule has 0 aliphatic heterocycles. The molecule has 0 aromatic heterocycles. The van der Waals surface area contributed by atoms with Gasteiger partial charge in [-0.05, 0) is 5.41 Å². The fourth-order valence-corrected chi connectivity index (χ4v) is 2.96. The number of methoxy groups -OCH3 is 1. The molecule has 0 aliphatic carbocycles. The van der Waals surface area contributed by atoms with Crippen molar-refractivity contribution >= 4 is 29.1 Å². The average molecular weight is 348 g/mol. The minimum absolute atomic E-state index is 0.247. The van der Waals surface area contributed by atoms with E-state index in [1.54, 1.807) is 7.11 Å². The maximum absolute atomic E-state index is 11.5. The zero-order chi connectivity index (χ0) is 18.0. The van der Waals surface area contributed by atoms with E-state index in [-0.39, 0.29) is 6.42 Å². The van der Waals surface area contributed by atoms with Gasteiger partial charge in [0, 0.05) is 26.0 Å². The second kappa shape index (κ2) is 10.5. The van der Waals surface area contributed by atoms with Crippen molar-refractivity contribution in [3.8, 4) is 0 Å². The number of thiocarbonyl (C=S) groups is 1. The van der Waals surface area contributed by atoms with Gasteiger partial charge in [0.1, 0.15) is 0 Å². The number of hydrogen-bond donors (Lipinski definition) is 3. The van der Waals surface area contributed by atoms with Crippen LogP contribution in [0.3, 0.4) is 0 Å². The predicted molar refractivity (Wildman–Crippen MR) is 91.2 cm³/mol. The first-order valence-electron chi connectivity index (χ1n) is 7.46. The Morgan fingerprint density at radius 1 is 1.26 bits per heavy atom. The van der Waals surface area contributed by atoms with E-state index in [0.29, 0.717) is 31.4 Å². The standard InChI is InChI=1S/C15H28N2O5S/c1-15(2,3)12(10(14(19)20)9-11(16)18)13(23)17-5-6-22-8-7-21-4/h10,12H,5-9H2,1-4H3,(H2,16,18)(H,17,23)(H,19,20). The van der Waals surface area contributed by atoms with E-state index >= 15 is 0 Å². The topological polar surface area (TPSA) is 111 Å². The highest BCUT2D eigenvalue weighted by Gasteiger charge is 2.40. The number of ether oxygens (including phenoxy) is 2. The lowest BCUT2D eigenvalue weighted by Gasteiger charge is -2.35. The lowest BCUT2D eigenvalue weighted by atomic mass is 9.71. The molecule has 0 spiro atoms. The molecule has 0 saturated carbocycles. The summed E-state index contributed by atoms with van der Waals surface area (Å²) in [7, 11) is 1.59. The van der Waals surface area contributed by atoms with E-state index in [2.05, 4.69) is 5.32 Å². The van der Waals surface area contributed by atoms with Crippen LogP contribution in [0.4, 0.5) is 0 Å². The molecule has 8 heteroatoms. The Morgan fingerprint density at radius 2 is 1.87 bits per heavy atom. The molecule has 0 bridgehead atoms. The Balaban J connectivity index is 4.79. The second-order valence-electron chi connectivity index (χ2n) is 6.36. The van der Waals surface area contributed by atoms with Crippen LogP contribution in [0.5, 0.6) is 0 Å². The van der Waals surface area contributed by atoms with Crippen molar-refractivity contribution in [2.75, 3.05) is 33.5 Å². The van der Waals surface area contributed by atoms with Crippen LogP contribution in [0, 0.1) is 17.3 Å². The maximum atomic E-state index is 11.5. The van der Waals surface area contributed by atoms with Crippen LogP contribution in [-0.4, -0.2) is 55.4 Å². The van der Waals surface area contributed by atoms with Crippen LogP contribution in [-0.2, 0) is 19.1 Å². The van der Waals surface area contributed by atoms with E-state index < -0.39 is 29.1 Å². The van der Waals surface area contributed by atoms with Gasteiger partial charge in [-0.1, -0.05) is 33.0 Å². The van der Waals surface area contributed by atoms with Gasteiger partial charge in [-0.2, -0.15) is 0 Å². The number of carboxylic acids is 1. The molecule has 0 fully saturated rings. The number of hydrogen-bond acceptors (Lipinski definition) is 5. The summed E-state index contributed by atoms with van der Waals surface area (Å²) in [6, 6.07) is 0. The Labute approximate surface area is 142 Å². The van der Waals surface area contributed by atoms with Gasteiger partial charge in [-0.3, -0.25) is 9.59 Å². The molecule has 0 aromatic rings. The number of nitrogens with one attached hydrogen (secondary N) is 1. The summed E-state index contributed by atoms with van der Waals surface area (Å²) in [6.45, 7) is 7.53. The highest BCUT2D eigenvalue weighted by molar-refractivity contribution is 7.80. The molecule has 2 unspecified atom stereocenters. The lowest BCUT2D eigenvalue weighted by Crippen LogP contribution is -2.45. The zero-order valence-corrected chi connectivity index (χ0v) is 15.1. The summed E-state index contributed by atoms with van der Waals surface area (Å²) in [5.41, 5.74) is 4.75. The van der Waals surface area contributed by atoms with Crippen molar-refractivity contribution < 1.29 is 24.2 Å². The van der Waals surface area contributed by atoms with Crippen LogP contribution in [0.2, 0.25) is 0 Å². The van der Waals surface area contributed by atoms with Crippen molar-refractivity contribution in [3.63, 3.8) is 0 Å². The van der Waals surface area contributed by atoms with Gasteiger partial charge >= 0.3 is 5.97 Å². The molecule has 0 saturated heterocycles. The van der Waals surface area contributed by atoms with Gasteiger partial charge < -0.3 is 25.6 Å². The second-order valence-corrected chi connectivity index (χ2v) is 6.79. The van der Waals surface area contributed by atoms with Crippen LogP contribution < -0.4 is 11.1 Å². The van der Waals surface area contributed by atoms with Crippen LogP contribution >= 0.6 is 12.2 Å². The number of rotatable bonds is 11. The molecule has 1 amide bonds. The van der Waals surface area contributed by atoms with Gasteiger partial charge in [-0.25, -0.2) is 0 Å². The summed E-state index contributed by atoms with van der Waals surface area (Å²) >= 11 is 5.37. The number of primary amides is 1. The third kappa shape index (κ3) is 8.83. The smallest absolute Gasteiger partial charge is 0.307 e. The number of nitrogens with two attached hydrogens (primary N) is 1. The van der Waals surface area contributed by atoms with Gasteiger partial charge in [0.15, 0.2) is 0 Å². The van der Waals surface area contributed by atoms with Gasteiger partial charge in [0.05, 0.1) is 30.7 Å². The molecule has 134 valence electrons. The van der Waals surface area contributed by atoms with Crippen molar-refractivity contribution in [2.24, 2.45) is 23.0 Å². The molecule has 7 nitrogen and oxygen atoms in total. The molecule has 0 radical (unpaired) electrons. The molecule has 23 heavy (non-hydrogen) atoms. The predicted octanol–water partition coefficient (Wildman–Crippen LogP) is 0.805. The number of carbonyl (C=O) groups excluding carboxylic acids is 1. The third-order valence-electron chi connectivity index (χ3n) is 3.33. The minimum Gasteiger partial charge on any atom is -0.481 e. The molecular formula is C15H28N2O5S. The Kier molecular flexibility index (Phi) is 9.94. The Bertz CT molecular complexity index is 409. The van der Waals surface area contributed by atoms with Crippen molar-refractivity contribution in [1.29, 1.82) is 0 Å². The minimum atomic E-state index is -1.08. The first-order valence-corrected chi connectivity index (χ1v) is 7.87. The summed E-state index contributed by atoms with van der Waals surface area (Å²) < 4.78 is 10.2. The number of aliphatic carboxylic acids is 1. The highest BCUT2D eigenvalue weighted by atomic mass is 32.1. The van der Waals surface area contributed by atoms with Crippen LogP contribution in [0.25, 0.3) is 0 Å². The van der Waals surface area contributed by atoms with E-state index in [4.69, 9.17) is 27.4 Å². The Hall–Kier alpha value is -1.25. The molecule has 0 aliphatic rings. The van der Waals surface area contributed by atoms with E-state index in [9.17, 15) is 14.7 Å². The SMILES string of the molecule is COCCOCCNC(=S)C(C(CC(N)=O)C(=O)O)C(C)(C)C. The summed E-state index contributed by atoms with van der Waals surface area (Å²) in [5, 5.41) is 12.5. The lowest BCUT2D eigenvalue weighted by molar-refractivity contribution is -0.146. The fraction of sp³-hybridized carbons (Fsp3) is 0.800. The first-order chi connectivity index (χ1) is 10.6. The van der Waals surface area contributed by atoms with Crippen molar-refractivity contribution in [1.82, 2.24) is 5.32 Å². The summed E-state index contributed by atoms with van der Waals surface area (Å²) in [5.74, 6) is -3.20. The largest absolute Gasteiger partial charge is 0.481 e. The van der Waals surface area contributed by atoms with Crippen LogP contribution in [0.15, 0.2) is 0 Å². The average Bonchev–Trinajstić information content (AvgIpc) is 2.39. The monoisotopic (exact) mass is 348 g/mol. The summed E-state index contributed by atoms with van der Waals surface area (Å²) in [6.07, 6.45) is -0.247. The zero-order valence-electron chi connectivity index (χ0n) is 14.3. The maximum Gasteiger partial charge on any atom is 0.307 e. The number of carboxylic acid groups (broad SMARTS) is 1.